The number of fused-ring (bicyclic) bond motifs is 1. The van der Waals surface area contributed by atoms with E-state index in [0.717, 1.165) is 22.2 Å². The number of nitrogens with zero attached hydrogens (tertiary/aromatic N) is 1. The van der Waals surface area contributed by atoms with E-state index in [9.17, 15) is 19.7 Å². The van der Waals surface area contributed by atoms with E-state index >= 15 is 0 Å². The highest BCUT2D eigenvalue weighted by atomic mass is 16.6. The molecule has 0 spiro atoms. The van der Waals surface area contributed by atoms with Gasteiger partial charge in [-0.1, -0.05) is 6.07 Å². The lowest BCUT2D eigenvalue weighted by Crippen LogP contribution is -2.30. The Morgan fingerprint density at radius 3 is 2.64 bits per heavy atom. The SMILES string of the molecule is Cc1[nH]c2ccc(C(=O)OC(C)C(=O)Nc3cccc([N+](=O)[O-])c3)cc2c1C. The minimum absolute atomic E-state index is 0.145. The Kier molecular flexibility index (Phi) is 5.12. The maximum absolute atomic E-state index is 12.4. The number of esters is 1. The molecular formula is C20H19N3O5. The zero-order chi connectivity index (χ0) is 20.4. The molecule has 0 saturated carbocycles. The molecule has 3 aromatic rings. The first-order valence-electron chi connectivity index (χ1n) is 8.61. The normalized spacial score (nSPS) is 11.8. The summed E-state index contributed by atoms with van der Waals surface area (Å²) in [7, 11) is 0. The number of hydrogen-bond donors (Lipinski definition) is 2. The van der Waals surface area contributed by atoms with Crippen LogP contribution in [0.5, 0.6) is 0 Å². The van der Waals surface area contributed by atoms with E-state index in [0.29, 0.717) is 5.56 Å². The van der Waals surface area contributed by atoms with Crippen LogP contribution in [0.2, 0.25) is 0 Å². The fraction of sp³-hybridized carbons (Fsp3) is 0.200. The molecule has 0 aliphatic carbocycles. The van der Waals surface area contributed by atoms with Crippen LogP contribution >= 0.6 is 0 Å². The molecule has 1 heterocycles. The van der Waals surface area contributed by atoms with Crippen molar-refractivity contribution in [3.05, 3.63) is 69.4 Å². The number of nitrogens with one attached hydrogen (secondary N) is 2. The van der Waals surface area contributed by atoms with E-state index in [1.165, 1.54) is 31.2 Å². The van der Waals surface area contributed by atoms with Gasteiger partial charge < -0.3 is 15.0 Å². The van der Waals surface area contributed by atoms with Gasteiger partial charge in [0.15, 0.2) is 6.10 Å². The molecule has 28 heavy (non-hydrogen) atoms. The second-order valence-electron chi connectivity index (χ2n) is 6.48. The highest BCUT2D eigenvalue weighted by Crippen LogP contribution is 2.23. The standard InChI is InChI=1S/C20H19N3O5/c1-11-12(2)21-18-8-7-14(9-17(11)18)20(25)28-13(3)19(24)22-15-5-4-6-16(10-15)23(26)27/h4-10,13,21H,1-3H3,(H,22,24). The Balaban J connectivity index is 1.69. The predicted octanol–water partition coefficient (Wildman–Crippen LogP) is 3.88. The van der Waals surface area contributed by atoms with Crippen LogP contribution in [0, 0.1) is 24.0 Å². The van der Waals surface area contributed by atoms with E-state index in [4.69, 9.17) is 4.74 Å². The van der Waals surface area contributed by atoms with Crippen molar-refractivity contribution in [1.29, 1.82) is 0 Å². The molecule has 0 radical (unpaired) electrons. The fourth-order valence-corrected chi connectivity index (χ4v) is 2.81. The van der Waals surface area contributed by atoms with E-state index in [2.05, 4.69) is 10.3 Å². The molecule has 144 valence electrons. The van der Waals surface area contributed by atoms with Gasteiger partial charge in [0, 0.05) is 34.4 Å². The molecule has 0 bridgehead atoms. The molecule has 0 aliphatic rings. The summed E-state index contributed by atoms with van der Waals surface area (Å²) in [5.41, 5.74) is 3.42. The van der Waals surface area contributed by atoms with E-state index in [-0.39, 0.29) is 11.4 Å². The molecular weight excluding hydrogens is 362 g/mol. The van der Waals surface area contributed by atoms with Crippen LogP contribution in [0.3, 0.4) is 0 Å². The number of carbonyl (C=O) groups is 2. The Morgan fingerprint density at radius 2 is 1.93 bits per heavy atom. The zero-order valence-corrected chi connectivity index (χ0v) is 15.6. The highest BCUT2D eigenvalue weighted by molar-refractivity contribution is 5.99. The van der Waals surface area contributed by atoms with Crippen molar-refractivity contribution in [2.24, 2.45) is 0 Å². The molecule has 3 rings (SSSR count). The number of ether oxygens (including phenoxy) is 1. The van der Waals surface area contributed by atoms with Crippen LogP contribution in [0.4, 0.5) is 11.4 Å². The van der Waals surface area contributed by atoms with Crippen LogP contribution < -0.4 is 5.32 Å². The van der Waals surface area contributed by atoms with Crippen LogP contribution in [0.15, 0.2) is 42.5 Å². The first-order chi connectivity index (χ1) is 13.3. The van der Waals surface area contributed by atoms with E-state index in [1.807, 2.05) is 13.8 Å². The summed E-state index contributed by atoms with van der Waals surface area (Å²) in [5, 5.41) is 14.2. The second-order valence-corrected chi connectivity index (χ2v) is 6.48. The van der Waals surface area contributed by atoms with E-state index < -0.39 is 22.9 Å². The van der Waals surface area contributed by atoms with Gasteiger partial charge in [-0.2, -0.15) is 0 Å². The maximum Gasteiger partial charge on any atom is 0.338 e. The van der Waals surface area contributed by atoms with Crippen LogP contribution in [0.25, 0.3) is 10.9 Å². The summed E-state index contributed by atoms with van der Waals surface area (Å²) < 4.78 is 5.25. The number of H-pyrrole nitrogens is 1. The Hall–Kier alpha value is -3.68. The minimum Gasteiger partial charge on any atom is -0.449 e. The molecule has 1 atom stereocenters. The van der Waals surface area contributed by atoms with Crippen molar-refractivity contribution in [1.82, 2.24) is 4.98 Å². The molecule has 1 aromatic heterocycles. The molecule has 0 aliphatic heterocycles. The van der Waals surface area contributed by atoms with Crippen molar-refractivity contribution >= 4 is 34.2 Å². The third kappa shape index (κ3) is 3.85. The topological polar surface area (TPSA) is 114 Å². The maximum atomic E-state index is 12.4. The van der Waals surface area contributed by atoms with Gasteiger partial charge >= 0.3 is 5.97 Å². The Labute approximate surface area is 160 Å². The lowest BCUT2D eigenvalue weighted by Gasteiger charge is -2.13. The van der Waals surface area contributed by atoms with Gasteiger partial charge in [-0.15, -0.1) is 0 Å². The summed E-state index contributed by atoms with van der Waals surface area (Å²) in [6, 6.07) is 10.7. The van der Waals surface area contributed by atoms with Gasteiger partial charge in [-0.25, -0.2) is 4.79 Å². The lowest BCUT2D eigenvalue weighted by molar-refractivity contribution is -0.384. The van der Waals surface area contributed by atoms with Gasteiger partial charge in [-0.3, -0.25) is 14.9 Å². The number of nitro groups is 1. The zero-order valence-electron chi connectivity index (χ0n) is 15.6. The smallest absolute Gasteiger partial charge is 0.338 e. The van der Waals surface area contributed by atoms with Crippen molar-refractivity contribution in [2.75, 3.05) is 5.32 Å². The number of aromatic amines is 1. The summed E-state index contributed by atoms with van der Waals surface area (Å²) >= 11 is 0. The number of aryl methyl sites for hydroxylation is 2. The first kappa shape index (κ1) is 19.1. The van der Waals surface area contributed by atoms with Gasteiger partial charge in [-0.05, 0) is 50.6 Å². The summed E-state index contributed by atoms with van der Waals surface area (Å²) in [5.74, 6) is -1.20. The predicted molar refractivity (Wildman–Crippen MR) is 104 cm³/mol. The number of aromatic nitrogens is 1. The molecule has 0 fully saturated rings. The summed E-state index contributed by atoms with van der Waals surface area (Å²) in [6.45, 7) is 5.35. The second kappa shape index (κ2) is 7.51. The van der Waals surface area contributed by atoms with Crippen molar-refractivity contribution in [3.63, 3.8) is 0 Å². The third-order valence-electron chi connectivity index (χ3n) is 4.52. The number of carbonyl (C=O) groups excluding carboxylic acids is 2. The number of rotatable bonds is 5. The summed E-state index contributed by atoms with van der Waals surface area (Å²) in [6.07, 6.45) is -1.07. The Morgan fingerprint density at radius 1 is 1.18 bits per heavy atom. The number of non-ortho nitro benzene ring substituents is 1. The molecule has 2 N–H and O–H groups in total. The molecule has 2 aromatic carbocycles. The number of hydrogen-bond acceptors (Lipinski definition) is 5. The van der Waals surface area contributed by atoms with Crippen molar-refractivity contribution in [3.8, 4) is 0 Å². The quantitative estimate of drug-likeness (QED) is 0.395. The largest absolute Gasteiger partial charge is 0.449 e. The van der Waals surface area contributed by atoms with Gasteiger partial charge in [0.2, 0.25) is 0 Å². The van der Waals surface area contributed by atoms with Crippen LogP contribution in [0.1, 0.15) is 28.5 Å². The number of anilines is 1. The average molecular weight is 381 g/mol. The lowest BCUT2D eigenvalue weighted by atomic mass is 10.1. The number of nitro benzene ring substituents is 1. The van der Waals surface area contributed by atoms with Crippen LogP contribution in [-0.2, 0) is 9.53 Å². The van der Waals surface area contributed by atoms with Gasteiger partial charge in [0.05, 0.1) is 10.5 Å². The van der Waals surface area contributed by atoms with Gasteiger partial charge in [0.1, 0.15) is 0 Å². The van der Waals surface area contributed by atoms with Crippen molar-refractivity contribution < 1.29 is 19.2 Å². The molecule has 8 nitrogen and oxygen atoms in total. The average Bonchev–Trinajstić information content (AvgIpc) is 2.95. The molecule has 1 amide bonds. The first-order valence-corrected chi connectivity index (χ1v) is 8.61. The monoisotopic (exact) mass is 381 g/mol. The number of benzene rings is 2. The van der Waals surface area contributed by atoms with Crippen LogP contribution in [-0.4, -0.2) is 27.9 Å². The minimum atomic E-state index is -1.07. The molecule has 0 saturated heterocycles. The van der Waals surface area contributed by atoms with Crippen molar-refractivity contribution in [2.45, 2.75) is 26.9 Å². The summed E-state index contributed by atoms with van der Waals surface area (Å²) in [4.78, 5) is 38.2. The highest BCUT2D eigenvalue weighted by Gasteiger charge is 2.20. The molecule has 1 unspecified atom stereocenters. The fourth-order valence-electron chi connectivity index (χ4n) is 2.81. The third-order valence-corrected chi connectivity index (χ3v) is 4.52. The van der Waals surface area contributed by atoms with E-state index in [1.54, 1.807) is 18.2 Å². The molecule has 8 heteroatoms. The number of amides is 1. The van der Waals surface area contributed by atoms with Gasteiger partial charge in [0.25, 0.3) is 11.6 Å². The Bertz CT molecular complexity index is 1090.